The van der Waals surface area contributed by atoms with Gasteiger partial charge in [0, 0.05) is 12.1 Å². The van der Waals surface area contributed by atoms with Gasteiger partial charge in [0.05, 0.1) is 11.3 Å². The molecule has 3 heteroatoms. The van der Waals surface area contributed by atoms with Gasteiger partial charge in [0.15, 0.2) is 0 Å². The molecule has 0 bridgehead atoms. The summed E-state index contributed by atoms with van der Waals surface area (Å²) in [7, 11) is 0. The first kappa shape index (κ1) is 13.2. The standard InChI is InChI=1S/C14H17FN2/c1-5-8-17(14(2,3)4)13-7-6-12(15)9-11(13)10-16/h5-7,9H,1,8H2,2-4H3. The fourth-order valence-electron chi connectivity index (χ4n) is 1.70. The van der Waals surface area contributed by atoms with E-state index in [9.17, 15) is 4.39 Å². The molecule has 0 aromatic heterocycles. The van der Waals surface area contributed by atoms with Crippen LogP contribution in [0.25, 0.3) is 0 Å². The maximum atomic E-state index is 13.1. The van der Waals surface area contributed by atoms with Gasteiger partial charge in [0.2, 0.25) is 0 Å². The largest absolute Gasteiger partial charge is 0.362 e. The van der Waals surface area contributed by atoms with Crippen LogP contribution >= 0.6 is 0 Å². The van der Waals surface area contributed by atoms with Crippen LogP contribution in [0.15, 0.2) is 30.9 Å². The fourth-order valence-corrected chi connectivity index (χ4v) is 1.70. The highest BCUT2D eigenvalue weighted by Gasteiger charge is 2.22. The third kappa shape index (κ3) is 3.07. The summed E-state index contributed by atoms with van der Waals surface area (Å²) in [4.78, 5) is 2.03. The van der Waals surface area contributed by atoms with Crippen molar-refractivity contribution in [2.24, 2.45) is 0 Å². The van der Waals surface area contributed by atoms with Crippen molar-refractivity contribution in [3.63, 3.8) is 0 Å². The number of halogens is 1. The van der Waals surface area contributed by atoms with Crippen LogP contribution in [0.3, 0.4) is 0 Å². The van der Waals surface area contributed by atoms with Crippen LogP contribution in [0.2, 0.25) is 0 Å². The molecule has 0 aliphatic heterocycles. The third-order valence-electron chi connectivity index (χ3n) is 2.49. The summed E-state index contributed by atoms with van der Waals surface area (Å²) in [6.45, 7) is 10.5. The second-order valence-corrected chi connectivity index (χ2v) is 4.84. The molecule has 90 valence electrons. The van der Waals surface area contributed by atoms with Crippen molar-refractivity contribution in [2.75, 3.05) is 11.4 Å². The van der Waals surface area contributed by atoms with Crippen molar-refractivity contribution < 1.29 is 4.39 Å². The zero-order chi connectivity index (χ0) is 13.1. The highest BCUT2D eigenvalue weighted by Crippen LogP contribution is 2.27. The SMILES string of the molecule is C=CCN(c1ccc(F)cc1C#N)C(C)(C)C. The Morgan fingerprint density at radius 1 is 1.47 bits per heavy atom. The molecule has 0 heterocycles. The van der Waals surface area contributed by atoms with Crippen LogP contribution in [0, 0.1) is 17.1 Å². The molecule has 17 heavy (non-hydrogen) atoms. The van der Waals surface area contributed by atoms with E-state index in [4.69, 9.17) is 5.26 Å². The van der Waals surface area contributed by atoms with Gasteiger partial charge < -0.3 is 4.90 Å². The molecule has 0 aliphatic rings. The Hall–Kier alpha value is -1.82. The molecule has 0 saturated heterocycles. The summed E-state index contributed by atoms with van der Waals surface area (Å²) in [5.74, 6) is -0.391. The highest BCUT2D eigenvalue weighted by atomic mass is 19.1. The Morgan fingerprint density at radius 2 is 2.12 bits per heavy atom. The molecule has 0 unspecified atom stereocenters. The first-order valence-corrected chi connectivity index (χ1v) is 5.48. The van der Waals surface area contributed by atoms with E-state index in [1.807, 2.05) is 31.7 Å². The van der Waals surface area contributed by atoms with Gasteiger partial charge in [-0.15, -0.1) is 6.58 Å². The zero-order valence-corrected chi connectivity index (χ0v) is 10.5. The van der Waals surface area contributed by atoms with Crippen LogP contribution < -0.4 is 4.90 Å². The van der Waals surface area contributed by atoms with Crippen LogP contribution in [-0.4, -0.2) is 12.1 Å². The minimum Gasteiger partial charge on any atom is -0.362 e. The van der Waals surface area contributed by atoms with Crippen molar-refractivity contribution in [2.45, 2.75) is 26.3 Å². The van der Waals surface area contributed by atoms with Crippen LogP contribution in [0.4, 0.5) is 10.1 Å². The van der Waals surface area contributed by atoms with E-state index in [2.05, 4.69) is 6.58 Å². The smallest absolute Gasteiger partial charge is 0.124 e. The summed E-state index contributed by atoms with van der Waals surface area (Å²) in [6, 6.07) is 6.31. The van der Waals surface area contributed by atoms with E-state index < -0.39 is 5.82 Å². The van der Waals surface area contributed by atoms with Crippen LogP contribution in [0.1, 0.15) is 26.3 Å². The lowest BCUT2D eigenvalue weighted by molar-refractivity contribution is 0.521. The summed E-state index contributed by atoms with van der Waals surface area (Å²) in [5, 5.41) is 9.06. The average Bonchev–Trinajstić information content (AvgIpc) is 2.25. The predicted molar refractivity (Wildman–Crippen MR) is 68.4 cm³/mol. The molecular weight excluding hydrogens is 215 g/mol. The summed E-state index contributed by atoms with van der Waals surface area (Å²) >= 11 is 0. The molecule has 0 amide bonds. The normalized spacial score (nSPS) is 10.8. The van der Waals surface area contributed by atoms with Gasteiger partial charge in [-0.2, -0.15) is 5.26 Å². The Labute approximate surface area is 102 Å². The Kier molecular flexibility index (Phi) is 3.90. The molecule has 0 radical (unpaired) electrons. The lowest BCUT2D eigenvalue weighted by Crippen LogP contribution is -2.42. The Morgan fingerprint density at radius 3 is 2.59 bits per heavy atom. The zero-order valence-electron chi connectivity index (χ0n) is 10.5. The molecule has 1 rings (SSSR count). The predicted octanol–water partition coefficient (Wildman–Crippen LogP) is 3.49. The third-order valence-corrected chi connectivity index (χ3v) is 2.49. The van der Waals surface area contributed by atoms with Crippen molar-refractivity contribution in [1.29, 1.82) is 5.26 Å². The molecule has 1 aromatic carbocycles. The van der Waals surface area contributed by atoms with Gasteiger partial charge in [-0.1, -0.05) is 6.08 Å². The van der Waals surface area contributed by atoms with Gasteiger partial charge >= 0.3 is 0 Å². The van der Waals surface area contributed by atoms with Gasteiger partial charge in [0.1, 0.15) is 11.9 Å². The number of rotatable bonds is 3. The van der Waals surface area contributed by atoms with E-state index in [0.29, 0.717) is 12.1 Å². The molecule has 0 aliphatic carbocycles. The highest BCUT2D eigenvalue weighted by molar-refractivity contribution is 5.61. The summed E-state index contributed by atoms with van der Waals surface area (Å²) < 4.78 is 13.1. The molecular formula is C14H17FN2. The Bertz CT molecular complexity index is 452. The first-order valence-electron chi connectivity index (χ1n) is 5.48. The second kappa shape index (κ2) is 5.01. The van der Waals surface area contributed by atoms with Crippen LogP contribution in [-0.2, 0) is 0 Å². The lowest BCUT2D eigenvalue weighted by Gasteiger charge is -2.37. The van der Waals surface area contributed by atoms with E-state index >= 15 is 0 Å². The van der Waals surface area contributed by atoms with E-state index in [0.717, 1.165) is 5.69 Å². The second-order valence-electron chi connectivity index (χ2n) is 4.84. The molecule has 0 fully saturated rings. The molecule has 0 atom stereocenters. The lowest BCUT2D eigenvalue weighted by atomic mass is 10.0. The Balaban J connectivity index is 3.29. The van der Waals surface area contributed by atoms with Gasteiger partial charge in [-0.25, -0.2) is 4.39 Å². The molecule has 0 spiro atoms. The van der Waals surface area contributed by atoms with Crippen molar-refractivity contribution in [3.05, 3.63) is 42.2 Å². The molecule has 2 nitrogen and oxygen atoms in total. The topological polar surface area (TPSA) is 27.0 Å². The maximum Gasteiger partial charge on any atom is 0.124 e. The van der Waals surface area contributed by atoms with Gasteiger partial charge in [-0.05, 0) is 39.0 Å². The number of nitriles is 1. The number of hydrogen-bond donors (Lipinski definition) is 0. The fraction of sp³-hybridized carbons (Fsp3) is 0.357. The van der Waals surface area contributed by atoms with Crippen molar-refractivity contribution in [1.82, 2.24) is 0 Å². The average molecular weight is 232 g/mol. The minimum atomic E-state index is -0.391. The van der Waals surface area contributed by atoms with E-state index in [1.165, 1.54) is 12.1 Å². The first-order chi connectivity index (χ1) is 7.90. The maximum absolute atomic E-state index is 13.1. The minimum absolute atomic E-state index is 0.155. The van der Waals surface area contributed by atoms with Gasteiger partial charge in [-0.3, -0.25) is 0 Å². The molecule has 1 aromatic rings. The molecule has 0 N–H and O–H groups in total. The van der Waals surface area contributed by atoms with Gasteiger partial charge in [0.25, 0.3) is 0 Å². The summed E-state index contributed by atoms with van der Waals surface area (Å²) in [5.41, 5.74) is 0.931. The summed E-state index contributed by atoms with van der Waals surface area (Å²) in [6.07, 6.45) is 1.77. The molecule has 0 saturated carbocycles. The number of anilines is 1. The number of nitrogens with zero attached hydrogens (tertiary/aromatic N) is 2. The quantitative estimate of drug-likeness (QED) is 0.746. The van der Waals surface area contributed by atoms with E-state index in [-0.39, 0.29) is 5.54 Å². The number of benzene rings is 1. The van der Waals surface area contributed by atoms with Crippen molar-refractivity contribution in [3.8, 4) is 6.07 Å². The monoisotopic (exact) mass is 232 g/mol. The number of hydrogen-bond acceptors (Lipinski definition) is 2. The van der Waals surface area contributed by atoms with Crippen molar-refractivity contribution >= 4 is 5.69 Å². The van der Waals surface area contributed by atoms with Crippen LogP contribution in [0.5, 0.6) is 0 Å². The van der Waals surface area contributed by atoms with E-state index in [1.54, 1.807) is 12.1 Å².